The zero-order valence-electron chi connectivity index (χ0n) is 9.63. The Morgan fingerprint density at radius 1 is 1.11 bits per heavy atom. The minimum Gasteiger partial charge on any atom is -0.508 e. The number of hydrogen-bond donors (Lipinski definition) is 2. The normalized spacial score (nSPS) is 10.9. The van der Waals surface area contributed by atoms with Gasteiger partial charge in [-0.15, -0.1) is 0 Å². The predicted molar refractivity (Wildman–Crippen MR) is 69.8 cm³/mol. The number of aromatic hydroxyl groups is 1. The molecule has 0 aliphatic heterocycles. The zero-order valence-corrected chi connectivity index (χ0v) is 9.63. The van der Waals surface area contributed by atoms with E-state index in [1.807, 2.05) is 24.3 Å². The maximum atomic E-state index is 11.7. The van der Waals surface area contributed by atoms with Crippen molar-refractivity contribution in [2.75, 3.05) is 0 Å². The molecule has 2 aromatic carbocycles. The monoisotopic (exact) mass is 240 g/mol. The molecule has 0 atom stereocenters. The SMILES string of the molecule is O=c1[nH]n(Cc2cccc(O)c2)c2ccccc12. The van der Waals surface area contributed by atoms with Crippen molar-refractivity contribution in [3.05, 3.63) is 64.4 Å². The summed E-state index contributed by atoms with van der Waals surface area (Å²) in [6.07, 6.45) is 0. The smallest absolute Gasteiger partial charge is 0.271 e. The van der Waals surface area contributed by atoms with Crippen molar-refractivity contribution in [1.29, 1.82) is 0 Å². The van der Waals surface area contributed by atoms with Crippen LogP contribution in [0.15, 0.2) is 53.3 Å². The average Bonchev–Trinajstić information content (AvgIpc) is 2.67. The van der Waals surface area contributed by atoms with E-state index in [9.17, 15) is 9.90 Å². The van der Waals surface area contributed by atoms with Gasteiger partial charge in [0.15, 0.2) is 0 Å². The summed E-state index contributed by atoms with van der Waals surface area (Å²) in [6.45, 7) is 0.525. The van der Waals surface area contributed by atoms with Crippen molar-refractivity contribution in [3.63, 3.8) is 0 Å². The standard InChI is InChI=1S/C14H12N2O2/c17-11-5-3-4-10(8-11)9-16-13-7-2-1-6-12(13)14(18)15-16/h1-8,17H,9H2,(H,15,18). The molecule has 18 heavy (non-hydrogen) atoms. The van der Waals surface area contributed by atoms with E-state index in [1.165, 1.54) is 0 Å². The Hall–Kier alpha value is -2.49. The number of para-hydroxylation sites is 1. The van der Waals surface area contributed by atoms with Crippen LogP contribution < -0.4 is 5.56 Å². The van der Waals surface area contributed by atoms with Gasteiger partial charge < -0.3 is 5.11 Å². The first-order valence-electron chi connectivity index (χ1n) is 5.69. The molecule has 3 rings (SSSR count). The number of aromatic amines is 1. The lowest BCUT2D eigenvalue weighted by Crippen LogP contribution is -2.06. The Morgan fingerprint density at radius 3 is 2.78 bits per heavy atom. The molecule has 1 aromatic heterocycles. The molecule has 2 N–H and O–H groups in total. The van der Waals surface area contributed by atoms with E-state index in [-0.39, 0.29) is 11.3 Å². The van der Waals surface area contributed by atoms with Crippen LogP contribution in [0, 0.1) is 0 Å². The second kappa shape index (κ2) is 4.07. The van der Waals surface area contributed by atoms with Gasteiger partial charge in [0.2, 0.25) is 0 Å². The molecule has 0 bridgehead atoms. The Kier molecular flexibility index (Phi) is 2.41. The van der Waals surface area contributed by atoms with Gasteiger partial charge in [0, 0.05) is 0 Å². The summed E-state index contributed by atoms with van der Waals surface area (Å²) in [6, 6.07) is 14.4. The quantitative estimate of drug-likeness (QED) is 0.720. The van der Waals surface area contributed by atoms with E-state index in [0.717, 1.165) is 11.1 Å². The van der Waals surface area contributed by atoms with Crippen LogP contribution in [-0.2, 0) is 6.54 Å². The summed E-state index contributed by atoms with van der Waals surface area (Å²) in [7, 11) is 0. The molecule has 3 aromatic rings. The molecule has 0 fully saturated rings. The Bertz CT molecular complexity index is 756. The second-order valence-electron chi connectivity index (χ2n) is 4.21. The number of phenols is 1. The first kappa shape index (κ1) is 10.7. The topological polar surface area (TPSA) is 58.0 Å². The largest absolute Gasteiger partial charge is 0.508 e. The third kappa shape index (κ3) is 1.78. The molecule has 0 saturated carbocycles. The number of hydrogen-bond acceptors (Lipinski definition) is 2. The molecule has 4 heteroatoms. The molecule has 0 amide bonds. The lowest BCUT2D eigenvalue weighted by Gasteiger charge is -2.05. The van der Waals surface area contributed by atoms with E-state index in [1.54, 1.807) is 28.9 Å². The Balaban J connectivity index is 2.08. The summed E-state index contributed by atoms with van der Waals surface area (Å²) in [5.74, 6) is 0.228. The fraction of sp³-hybridized carbons (Fsp3) is 0.0714. The lowest BCUT2D eigenvalue weighted by molar-refractivity contribution is 0.474. The highest BCUT2D eigenvalue weighted by molar-refractivity contribution is 5.78. The highest BCUT2D eigenvalue weighted by Crippen LogP contribution is 2.14. The number of benzene rings is 2. The van der Waals surface area contributed by atoms with Crippen molar-refractivity contribution < 1.29 is 5.11 Å². The summed E-state index contributed by atoms with van der Waals surface area (Å²) < 4.78 is 1.78. The molecule has 1 heterocycles. The van der Waals surface area contributed by atoms with Crippen molar-refractivity contribution >= 4 is 10.9 Å². The van der Waals surface area contributed by atoms with Crippen LogP contribution in [0.3, 0.4) is 0 Å². The fourth-order valence-electron chi connectivity index (χ4n) is 2.11. The first-order valence-corrected chi connectivity index (χ1v) is 5.69. The number of fused-ring (bicyclic) bond motifs is 1. The second-order valence-corrected chi connectivity index (χ2v) is 4.21. The number of H-pyrrole nitrogens is 1. The maximum Gasteiger partial charge on any atom is 0.271 e. The van der Waals surface area contributed by atoms with E-state index in [0.29, 0.717) is 11.9 Å². The van der Waals surface area contributed by atoms with Crippen molar-refractivity contribution in [3.8, 4) is 5.75 Å². The van der Waals surface area contributed by atoms with Gasteiger partial charge in [-0.2, -0.15) is 0 Å². The Labute approximate surface area is 103 Å². The average molecular weight is 240 g/mol. The van der Waals surface area contributed by atoms with Gasteiger partial charge in [0.1, 0.15) is 5.75 Å². The lowest BCUT2D eigenvalue weighted by atomic mass is 10.2. The van der Waals surface area contributed by atoms with Gasteiger partial charge in [-0.1, -0.05) is 24.3 Å². The van der Waals surface area contributed by atoms with E-state index < -0.39 is 0 Å². The molecule has 0 unspecified atom stereocenters. The third-order valence-corrected chi connectivity index (χ3v) is 2.93. The van der Waals surface area contributed by atoms with Crippen LogP contribution in [-0.4, -0.2) is 14.9 Å². The van der Waals surface area contributed by atoms with Crippen LogP contribution in [0.1, 0.15) is 5.56 Å². The molecule has 0 aliphatic carbocycles. The molecule has 0 spiro atoms. The van der Waals surface area contributed by atoms with Gasteiger partial charge in [0.05, 0.1) is 17.4 Å². The van der Waals surface area contributed by atoms with E-state index in [2.05, 4.69) is 5.10 Å². The molecule has 0 radical (unpaired) electrons. The predicted octanol–water partition coefficient (Wildman–Crippen LogP) is 2.08. The first-order chi connectivity index (χ1) is 8.74. The van der Waals surface area contributed by atoms with Gasteiger partial charge in [-0.25, -0.2) is 0 Å². The van der Waals surface area contributed by atoms with Gasteiger partial charge in [0.25, 0.3) is 5.56 Å². The maximum absolute atomic E-state index is 11.7. The molecule has 90 valence electrons. The molecule has 0 saturated heterocycles. The molecular formula is C14H12N2O2. The van der Waals surface area contributed by atoms with Gasteiger partial charge in [-0.05, 0) is 29.8 Å². The Morgan fingerprint density at radius 2 is 1.94 bits per heavy atom. The van der Waals surface area contributed by atoms with Crippen molar-refractivity contribution in [2.24, 2.45) is 0 Å². The summed E-state index contributed by atoms with van der Waals surface area (Å²) in [5, 5.41) is 12.9. The number of rotatable bonds is 2. The zero-order chi connectivity index (χ0) is 12.5. The molecular weight excluding hydrogens is 228 g/mol. The number of nitrogens with zero attached hydrogens (tertiary/aromatic N) is 1. The van der Waals surface area contributed by atoms with Gasteiger partial charge in [-0.3, -0.25) is 14.6 Å². The highest BCUT2D eigenvalue weighted by Gasteiger charge is 2.05. The molecule has 4 nitrogen and oxygen atoms in total. The minimum absolute atomic E-state index is 0.0919. The summed E-state index contributed by atoms with van der Waals surface area (Å²) in [5.41, 5.74) is 1.71. The fourth-order valence-corrected chi connectivity index (χ4v) is 2.11. The third-order valence-electron chi connectivity index (χ3n) is 2.93. The van der Waals surface area contributed by atoms with Crippen LogP contribution in [0.2, 0.25) is 0 Å². The van der Waals surface area contributed by atoms with Crippen molar-refractivity contribution in [1.82, 2.24) is 9.78 Å². The summed E-state index contributed by atoms with van der Waals surface area (Å²) in [4.78, 5) is 11.7. The highest BCUT2D eigenvalue weighted by atomic mass is 16.3. The minimum atomic E-state index is -0.0919. The van der Waals surface area contributed by atoms with E-state index in [4.69, 9.17) is 0 Å². The summed E-state index contributed by atoms with van der Waals surface area (Å²) >= 11 is 0. The van der Waals surface area contributed by atoms with Crippen LogP contribution in [0.25, 0.3) is 10.9 Å². The number of nitrogens with one attached hydrogen (secondary N) is 1. The van der Waals surface area contributed by atoms with E-state index >= 15 is 0 Å². The van der Waals surface area contributed by atoms with Crippen molar-refractivity contribution in [2.45, 2.75) is 6.54 Å². The van der Waals surface area contributed by atoms with Gasteiger partial charge >= 0.3 is 0 Å². The van der Waals surface area contributed by atoms with Crippen LogP contribution in [0.4, 0.5) is 0 Å². The van der Waals surface area contributed by atoms with Crippen LogP contribution >= 0.6 is 0 Å². The number of aromatic nitrogens is 2. The molecule has 0 aliphatic rings. The van der Waals surface area contributed by atoms with Crippen LogP contribution in [0.5, 0.6) is 5.75 Å². The number of phenolic OH excluding ortho intramolecular Hbond substituents is 1.